The van der Waals surface area contributed by atoms with Gasteiger partial charge in [-0.3, -0.25) is 10.1 Å². The SMILES string of the molecule is CC(O)C(C)(C)Nc1ncc([N+](=O)[O-])cc1Cl. The first-order valence-electron chi connectivity index (χ1n) is 5.00. The second-order valence-corrected chi connectivity index (χ2v) is 4.71. The molecule has 17 heavy (non-hydrogen) atoms. The van der Waals surface area contributed by atoms with Crippen molar-refractivity contribution < 1.29 is 10.0 Å². The summed E-state index contributed by atoms with van der Waals surface area (Å²) in [4.78, 5) is 13.8. The highest BCUT2D eigenvalue weighted by Crippen LogP contribution is 2.27. The van der Waals surface area contributed by atoms with Gasteiger partial charge in [0.05, 0.1) is 21.6 Å². The number of aliphatic hydroxyl groups excluding tert-OH is 1. The van der Waals surface area contributed by atoms with Gasteiger partial charge in [0.15, 0.2) is 0 Å². The van der Waals surface area contributed by atoms with Gasteiger partial charge in [0.2, 0.25) is 0 Å². The number of aromatic nitrogens is 1. The lowest BCUT2D eigenvalue weighted by molar-refractivity contribution is -0.385. The molecule has 94 valence electrons. The van der Waals surface area contributed by atoms with Crippen molar-refractivity contribution in [1.82, 2.24) is 4.98 Å². The number of hydrogen-bond donors (Lipinski definition) is 2. The Bertz CT molecular complexity index is 435. The molecule has 1 unspecified atom stereocenters. The van der Waals surface area contributed by atoms with Crippen LogP contribution in [0.3, 0.4) is 0 Å². The summed E-state index contributed by atoms with van der Waals surface area (Å²) < 4.78 is 0. The maximum Gasteiger partial charge on any atom is 0.289 e. The van der Waals surface area contributed by atoms with Crippen molar-refractivity contribution >= 4 is 23.1 Å². The summed E-state index contributed by atoms with van der Waals surface area (Å²) in [6.07, 6.45) is 0.488. The number of nitrogens with zero attached hydrogens (tertiary/aromatic N) is 2. The third-order valence-electron chi connectivity index (χ3n) is 2.52. The van der Waals surface area contributed by atoms with Gasteiger partial charge in [-0.25, -0.2) is 4.98 Å². The monoisotopic (exact) mass is 259 g/mol. The summed E-state index contributed by atoms with van der Waals surface area (Å²) in [6.45, 7) is 5.18. The molecule has 0 saturated heterocycles. The fourth-order valence-corrected chi connectivity index (χ4v) is 1.24. The van der Waals surface area contributed by atoms with Gasteiger partial charge < -0.3 is 10.4 Å². The lowest BCUT2D eigenvalue weighted by Crippen LogP contribution is -2.42. The molecule has 1 heterocycles. The number of halogens is 1. The molecule has 7 heteroatoms. The third-order valence-corrected chi connectivity index (χ3v) is 2.81. The summed E-state index contributed by atoms with van der Waals surface area (Å²) >= 11 is 5.87. The molecule has 0 aliphatic rings. The van der Waals surface area contributed by atoms with Gasteiger partial charge in [-0.2, -0.15) is 0 Å². The van der Waals surface area contributed by atoms with Gasteiger partial charge in [-0.1, -0.05) is 11.6 Å². The van der Waals surface area contributed by atoms with Gasteiger partial charge in [-0.05, 0) is 20.8 Å². The van der Waals surface area contributed by atoms with Crippen molar-refractivity contribution in [3.8, 4) is 0 Å². The van der Waals surface area contributed by atoms with Crippen molar-refractivity contribution in [2.75, 3.05) is 5.32 Å². The number of aliphatic hydroxyl groups is 1. The van der Waals surface area contributed by atoms with E-state index in [4.69, 9.17) is 11.6 Å². The Hall–Kier alpha value is -1.40. The van der Waals surface area contributed by atoms with E-state index in [1.54, 1.807) is 20.8 Å². The summed E-state index contributed by atoms with van der Waals surface area (Å²) in [5, 5.41) is 23.1. The van der Waals surface area contributed by atoms with Gasteiger partial charge >= 0.3 is 0 Å². The summed E-state index contributed by atoms with van der Waals surface area (Å²) in [5.41, 5.74) is -0.803. The number of nitro groups is 1. The number of nitrogens with one attached hydrogen (secondary N) is 1. The van der Waals surface area contributed by atoms with Crippen molar-refractivity contribution in [1.29, 1.82) is 0 Å². The molecular weight excluding hydrogens is 246 g/mol. The molecule has 6 nitrogen and oxygen atoms in total. The van der Waals surface area contributed by atoms with E-state index in [9.17, 15) is 15.2 Å². The predicted octanol–water partition coefficient (Wildman–Crippen LogP) is 2.21. The van der Waals surface area contributed by atoms with Crippen LogP contribution in [0.25, 0.3) is 0 Å². The van der Waals surface area contributed by atoms with Crippen LogP contribution in [0.1, 0.15) is 20.8 Å². The maximum absolute atomic E-state index is 10.5. The third kappa shape index (κ3) is 3.28. The second kappa shape index (κ2) is 4.85. The van der Waals surface area contributed by atoms with Crippen molar-refractivity contribution in [2.24, 2.45) is 0 Å². The highest BCUT2D eigenvalue weighted by Gasteiger charge is 2.25. The largest absolute Gasteiger partial charge is 0.391 e. The molecule has 0 saturated carbocycles. The average Bonchev–Trinajstić information content (AvgIpc) is 2.20. The van der Waals surface area contributed by atoms with Crippen LogP contribution in [0.4, 0.5) is 11.5 Å². The molecule has 0 fully saturated rings. The normalized spacial score (nSPS) is 13.2. The molecule has 0 aliphatic heterocycles. The molecule has 0 aliphatic carbocycles. The predicted molar refractivity (Wildman–Crippen MR) is 65.3 cm³/mol. The smallest absolute Gasteiger partial charge is 0.289 e. The van der Waals surface area contributed by atoms with Crippen LogP contribution in [-0.2, 0) is 0 Å². The first-order valence-corrected chi connectivity index (χ1v) is 5.38. The first kappa shape index (κ1) is 13.7. The molecule has 0 aromatic carbocycles. The molecule has 0 spiro atoms. The van der Waals surface area contributed by atoms with Gasteiger partial charge in [0.25, 0.3) is 5.69 Å². The number of hydrogen-bond acceptors (Lipinski definition) is 5. The van der Waals surface area contributed by atoms with Crippen LogP contribution in [0.15, 0.2) is 12.3 Å². The van der Waals surface area contributed by atoms with Crippen molar-refractivity contribution in [3.05, 3.63) is 27.4 Å². The van der Waals surface area contributed by atoms with E-state index in [2.05, 4.69) is 10.3 Å². The Morgan fingerprint density at radius 1 is 1.65 bits per heavy atom. The van der Waals surface area contributed by atoms with Crippen LogP contribution < -0.4 is 5.32 Å². The Morgan fingerprint density at radius 2 is 2.24 bits per heavy atom. The molecule has 0 bridgehead atoms. The molecule has 1 atom stereocenters. The maximum atomic E-state index is 10.5. The van der Waals surface area contributed by atoms with Gasteiger partial charge in [0, 0.05) is 6.07 Å². The number of rotatable bonds is 4. The van der Waals surface area contributed by atoms with Gasteiger partial charge in [-0.15, -0.1) is 0 Å². The summed E-state index contributed by atoms with van der Waals surface area (Å²) in [7, 11) is 0. The summed E-state index contributed by atoms with van der Waals surface area (Å²) in [6, 6.07) is 1.22. The average molecular weight is 260 g/mol. The quantitative estimate of drug-likeness (QED) is 0.639. The fourth-order valence-electron chi connectivity index (χ4n) is 1.03. The van der Waals surface area contributed by atoms with E-state index in [1.165, 1.54) is 6.07 Å². The highest BCUT2D eigenvalue weighted by molar-refractivity contribution is 6.33. The molecular formula is C10H14ClN3O3. The van der Waals surface area contributed by atoms with E-state index in [1.807, 2.05) is 0 Å². The fraction of sp³-hybridized carbons (Fsp3) is 0.500. The van der Waals surface area contributed by atoms with Crippen molar-refractivity contribution in [3.63, 3.8) is 0 Å². The molecule has 1 aromatic rings. The standard InChI is InChI=1S/C10H14ClN3O3/c1-6(15)10(2,3)13-9-8(11)4-7(5-12-9)14(16)17/h4-6,15H,1-3H3,(H,12,13). The van der Waals surface area contributed by atoms with Crippen LogP contribution in [-0.4, -0.2) is 26.7 Å². The van der Waals surface area contributed by atoms with Crippen molar-refractivity contribution in [2.45, 2.75) is 32.4 Å². The topological polar surface area (TPSA) is 88.3 Å². The molecule has 1 aromatic heterocycles. The molecule has 2 N–H and O–H groups in total. The zero-order valence-corrected chi connectivity index (χ0v) is 10.5. The van der Waals surface area contributed by atoms with Crippen LogP contribution in [0.5, 0.6) is 0 Å². The van der Waals surface area contributed by atoms with Crippen LogP contribution in [0, 0.1) is 10.1 Å². The van der Waals surface area contributed by atoms with E-state index < -0.39 is 16.6 Å². The van der Waals surface area contributed by atoms with E-state index in [-0.39, 0.29) is 10.7 Å². The first-order chi connectivity index (χ1) is 7.74. The van der Waals surface area contributed by atoms with E-state index in [0.29, 0.717) is 5.82 Å². The van der Waals surface area contributed by atoms with Crippen LogP contribution >= 0.6 is 11.6 Å². The Labute approximate surface area is 104 Å². The highest BCUT2D eigenvalue weighted by atomic mass is 35.5. The summed E-state index contributed by atoms with van der Waals surface area (Å²) in [5.74, 6) is 0.308. The Kier molecular flexibility index (Phi) is 3.90. The zero-order valence-electron chi connectivity index (χ0n) is 9.77. The minimum absolute atomic E-state index is 0.146. The minimum Gasteiger partial charge on any atom is -0.391 e. The minimum atomic E-state index is -0.632. The Balaban J connectivity index is 2.98. The molecule has 0 radical (unpaired) electrons. The van der Waals surface area contributed by atoms with Gasteiger partial charge in [0.1, 0.15) is 12.0 Å². The van der Waals surface area contributed by atoms with E-state index >= 15 is 0 Å². The van der Waals surface area contributed by atoms with Crippen LogP contribution in [0.2, 0.25) is 5.02 Å². The molecule has 1 rings (SSSR count). The molecule has 0 amide bonds. The van der Waals surface area contributed by atoms with E-state index in [0.717, 1.165) is 6.20 Å². The second-order valence-electron chi connectivity index (χ2n) is 4.30. The lowest BCUT2D eigenvalue weighted by Gasteiger charge is -2.30. The zero-order chi connectivity index (χ0) is 13.2. The number of anilines is 1. The number of pyridine rings is 1. The lowest BCUT2D eigenvalue weighted by atomic mass is 9.99. The Morgan fingerprint density at radius 3 is 2.65 bits per heavy atom.